The molecule has 1 aromatic rings. The van der Waals surface area contributed by atoms with Crippen LogP contribution in [0.4, 0.5) is 4.79 Å². The fraction of sp³-hybridized carbons (Fsp3) is 0.417. The smallest absolute Gasteiger partial charge is 0.410 e. The van der Waals surface area contributed by atoms with Crippen molar-refractivity contribution >= 4 is 44.6 Å². The maximum absolute atomic E-state index is 11.8. The minimum atomic E-state index is -0.262. The van der Waals surface area contributed by atoms with Crippen molar-refractivity contribution in [1.29, 1.82) is 0 Å². The summed E-state index contributed by atoms with van der Waals surface area (Å²) in [5.41, 5.74) is 2.48. The molecule has 2 atom stereocenters. The van der Waals surface area contributed by atoms with E-state index in [1.807, 2.05) is 19.1 Å². The summed E-state index contributed by atoms with van der Waals surface area (Å²) >= 11 is 5.86. The van der Waals surface area contributed by atoms with Crippen LogP contribution in [0.5, 0.6) is 0 Å². The Morgan fingerprint density at radius 1 is 1.59 bits per heavy atom. The first-order valence-corrected chi connectivity index (χ1v) is 7.37. The largest absolute Gasteiger partial charge is 0.453 e. The zero-order valence-electron chi connectivity index (χ0n) is 9.61. The fourth-order valence-electron chi connectivity index (χ4n) is 2.22. The minimum absolute atomic E-state index is 0.0469. The fourth-order valence-corrected chi connectivity index (χ4v) is 3.91. The normalized spacial score (nSPS) is 23.2. The van der Waals surface area contributed by atoms with Crippen molar-refractivity contribution in [2.24, 2.45) is 0 Å². The van der Waals surface area contributed by atoms with Crippen molar-refractivity contribution in [3.05, 3.63) is 33.8 Å². The second-order valence-electron chi connectivity index (χ2n) is 4.00. The summed E-state index contributed by atoms with van der Waals surface area (Å²) in [6.45, 7) is 2.03. The zero-order chi connectivity index (χ0) is 12.6. The number of hydrogen-bond donors (Lipinski definition) is 0. The highest BCUT2D eigenvalue weighted by Gasteiger charge is 2.34. The molecule has 0 N–H and O–H groups in total. The molecule has 0 bridgehead atoms. The molecule has 1 aromatic carbocycles. The van der Waals surface area contributed by atoms with Gasteiger partial charge in [-0.15, -0.1) is 0 Å². The van der Waals surface area contributed by atoms with Crippen molar-refractivity contribution in [3.63, 3.8) is 0 Å². The summed E-state index contributed by atoms with van der Waals surface area (Å²) in [7, 11) is 1.43. The first-order valence-electron chi connectivity index (χ1n) is 5.34. The van der Waals surface area contributed by atoms with Gasteiger partial charge in [0.05, 0.1) is 17.2 Å². The maximum Gasteiger partial charge on any atom is 0.410 e. The van der Waals surface area contributed by atoms with Gasteiger partial charge in [-0.1, -0.05) is 50.7 Å². The van der Waals surface area contributed by atoms with Gasteiger partial charge in [-0.25, -0.2) is 4.79 Å². The van der Waals surface area contributed by atoms with E-state index in [4.69, 9.17) is 4.74 Å². The molecule has 0 saturated carbocycles. The third-order valence-electron chi connectivity index (χ3n) is 3.08. The second-order valence-corrected chi connectivity index (χ2v) is 6.29. The van der Waals surface area contributed by atoms with E-state index in [9.17, 15) is 4.79 Å². The van der Waals surface area contributed by atoms with Gasteiger partial charge in [-0.05, 0) is 24.1 Å². The van der Waals surface area contributed by atoms with E-state index in [0.29, 0.717) is 0 Å². The summed E-state index contributed by atoms with van der Waals surface area (Å²) in [6, 6.07) is 6.17. The van der Waals surface area contributed by atoms with Gasteiger partial charge < -0.3 is 4.74 Å². The standard InChI is InChI=1S/C12H13BrINO2/c1-7-8-4-3-5-10(13)9(8)6-11(14)15(7)12(16)17-2/h3-5,7,11H,6H2,1-2H3/t7-,11+/m0/s1. The van der Waals surface area contributed by atoms with Crippen LogP contribution in [0, 0.1) is 0 Å². The molecule has 92 valence electrons. The van der Waals surface area contributed by atoms with Gasteiger partial charge in [0.15, 0.2) is 0 Å². The van der Waals surface area contributed by atoms with Crippen molar-refractivity contribution in [2.45, 2.75) is 23.4 Å². The molecular weight excluding hydrogens is 397 g/mol. The van der Waals surface area contributed by atoms with Crippen molar-refractivity contribution < 1.29 is 9.53 Å². The van der Waals surface area contributed by atoms with Gasteiger partial charge >= 0.3 is 6.09 Å². The van der Waals surface area contributed by atoms with Crippen LogP contribution in [0.1, 0.15) is 24.1 Å². The summed E-state index contributed by atoms with van der Waals surface area (Å²) in [6.07, 6.45) is 0.582. The van der Waals surface area contributed by atoms with E-state index in [1.165, 1.54) is 18.2 Å². The summed E-state index contributed by atoms with van der Waals surface area (Å²) in [5.74, 6) is 0. The summed E-state index contributed by atoms with van der Waals surface area (Å²) in [4.78, 5) is 13.6. The number of carbonyl (C=O) groups is 1. The number of nitrogens with zero attached hydrogens (tertiary/aromatic N) is 1. The molecule has 0 spiro atoms. The quantitative estimate of drug-likeness (QED) is 0.369. The molecule has 1 amide bonds. The van der Waals surface area contributed by atoms with E-state index in [-0.39, 0.29) is 16.2 Å². The van der Waals surface area contributed by atoms with Crippen LogP contribution in [0.2, 0.25) is 0 Å². The molecule has 0 aromatic heterocycles. The SMILES string of the molecule is COC(=O)N1[C@@H](I)Cc2c(Br)cccc2[C@@H]1C. The number of alkyl halides is 1. The summed E-state index contributed by atoms with van der Waals surface area (Å²) in [5, 5.41) is 0. The molecule has 3 nitrogen and oxygen atoms in total. The average Bonchev–Trinajstić information content (AvgIpc) is 2.30. The van der Waals surface area contributed by atoms with Gasteiger partial charge in [0.25, 0.3) is 0 Å². The van der Waals surface area contributed by atoms with E-state index >= 15 is 0 Å². The highest BCUT2D eigenvalue weighted by Crippen LogP contribution is 2.38. The Balaban J connectivity index is 2.44. The monoisotopic (exact) mass is 409 g/mol. The van der Waals surface area contributed by atoms with Gasteiger partial charge in [0, 0.05) is 10.9 Å². The Hall–Kier alpha value is -0.300. The summed E-state index contributed by atoms with van der Waals surface area (Å²) < 4.78 is 6.09. The maximum atomic E-state index is 11.8. The lowest BCUT2D eigenvalue weighted by Crippen LogP contribution is -2.43. The number of methoxy groups -OCH3 is 1. The molecule has 0 unspecified atom stereocenters. The van der Waals surface area contributed by atoms with E-state index < -0.39 is 0 Å². The third-order valence-corrected chi connectivity index (χ3v) is 4.87. The predicted molar refractivity (Wildman–Crippen MR) is 78.3 cm³/mol. The third kappa shape index (κ3) is 2.31. The lowest BCUT2D eigenvalue weighted by atomic mass is 9.94. The van der Waals surface area contributed by atoms with Crippen LogP contribution in [0.15, 0.2) is 22.7 Å². The highest BCUT2D eigenvalue weighted by molar-refractivity contribution is 14.1. The van der Waals surface area contributed by atoms with Crippen LogP contribution in [-0.2, 0) is 11.2 Å². The number of amides is 1. The molecule has 1 aliphatic heterocycles. The van der Waals surface area contributed by atoms with Gasteiger partial charge in [-0.3, -0.25) is 4.90 Å². The Bertz CT molecular complexity index is 452. The zero-order valence-corrected chi connectivity index (χ0v) is 13.4. The minimum Gasteiger partial charge on any atom is -0.453 e. The molecular formula is C12H13BrINO2. The van der Waals surface area contributed by atoms with Crippen molar-refractivity contribution in [3.8, 4) is 0 Å². The Kier molecular flexibility index (Phi) is 3.97. The molecule has 0 saturated heterocycles. The number of rotatable bonds is 0. The Morgan fingerprint density at radius 2 is 2.29 bits per heavy atom. The Morgan fingerprint density at radius 3 is 2.94 bits per heavy atom. The van der Waals surface area contributed by atoms with Crippen LogP contribution >= 0.6 is 38.5 Å². The average molecular weight is 410 g/mol. The number of fused-ring (bicyclic) bond motifs is 1. The molecule has 5 heteroatoms. The molecule has 1 heterocycles. The topological polar surface area (TPSA) is 29.5 Å². The lowest BCUT2D eigenvalue weighted by molar-refractivity contribution is 0.101. The van der Waals surface area contributed by atoms with Crippen LogP contribution in [0.3, 0.4) is 0 Å². The number of ether oxygens (including phenoxy) is 1. The van der Waals surface area contributed by atoms with Crippen molar-refractivity contribution in [1.82, 2.24) is 4.90 Å². The van der Waals surface area contributed by atoms with Gasteiger partial charge in [0.1, 0.15) is 0 Å². The van der Waals surface area contributed by atoms with Crippen LogP contribution in [-0.4, -0.2) is 22.2 Å². The lowest BCUT2D eigenvalue weighted by Gasteiger charge is -2.38. The number of carbonyl (C=O) groups excluding carboxylic acids is 1. The number of halogens is 2. The number of benzene rings is 1. The van der Waals surface area contributed by atoms with E-state index in [1.54, 1.807) is 4.90 Å². The molecule has 2 rings (SSSR count). The Labute approximate surface area is 123 Å². The molecule has 0 aliphatic carbocycles. The van der Waals surface area contributed by atoms with E-state index in [0.717, 1.165) is 10.9 Å². The first-order chi connectivity index (χ1) is 8.06. The first kappa shape index (κ1) is 13.1. The molecule has 0 fully saturated rings. The highest BCUT2D eigenvalue weighted by atomic mass is 127. The molecule has 17 heavy (non-hydrogen) atoms. The molecule has 0 radical (unpaired) electrons. The number of hydrogen-bond acceptors (Lipinski definition) is 2. The van der Waals surface area contributed by atoms with E-state index in [2.05, 4.69) is 44.6 Å². The van der Waals surface area contributed by atoms with Crippen molar-refractivity contribution in [2.75, 3.05) is 7.11 Å². The van der Waals surface area contributed by atoms with Gasteiger partial charge in [-0.2, -0.15) is 0 Å². The molecule has 1 aliphatic rings. The van der Waals surface area contributed by atoms with Gasteiger partial charge in [0.2, 0.25) is 0 Å². The van der Waals surface area contributed by atoms with Crippen LogP contribution < -0.4 is 0 Å². The van der Waals surface area contributed by atoms with Crippen LogP contribution in [0.25, 0.3) is 0 Å². The predicted octanol–water partition coefficient (Wildman–Crippen LogP) is 3.90. The second kappa shape index (κ2) is 5.14.